The number of aromatic nitrogens is 2. The van der Waals surface area contributed by atoms with Crippen molar-refractivity contribution in [2.75, 3.05) is 19.8 Å². The Hall–Kier alpha value is -2.13. The van der Waals surface area contributed by atoms with Gasteiger partial charge in [-0.2, -0.15) is 16.7 Å². The number of amides is 1. The van der Waals surface area contributed by atoms with Gasteiger partial charge in [0.05, 0.1) is 11.0 Å². The molecular formula is C10H13N5O3S. The number of benzene rings is 1. The third kappa shape index (κ3) is 2.02. The van der Waals surface area contributed by atoms with E-state index in [1.807, 2.05) is 0 Å². The van der Waals surface area contributed by atoms with Crippen molar-refractivity contribution < 1.29 is 13.2 Å². The first-order valence-electron chi connectivity index (χ1n) is 5.26. The zero-order valence-electron chi connectivity index (χ0n) is 10.4. The average Bonchev–Trinajstić information content (AvgIpc) is 2.63. The Bertz CT molecular complexity index is 763. The summed E-state index contributed by atoms with van der Waals surface area (Å²) >= 11 is 0. The van der Waals surface area contributed by atoms with Crippen LogP contribution in [0, 0.1) is 0 Å². The summed E-state index contributed by atoms with van der Waals surface area (Å²) in [6, 6.07) is 4.27. The minimum absolute atomic E-state index is 0.176. The fourth-order valence-corrected chi connectivity index (χ4v) is 2.64. The molecule has 1 amide bonds. The topological polar surface area (TPSA) is 124 Å². The molecule has 1 aromatic carbocycles. The minimum atomic E-state index is -3.78. The summed E-state index contributed by atoms with van der Waals surface area (Å²) in [5.41, 5.74) is 11.6. The van der Waals surface area contributed by atoms with Crippen LogP contribution in [0.25, 0.3) is 11.0 Å². The predicted octanol–water partition coefficient (Wildman–Crippen LogP) is -0.628. The van der Waals surface area contributed by atoms with Gasteiger partial charge in [-0.3, -0.25) is 4.79 Å². The van der Waals surface area contributed by atoms with Crippen molar-refractivity contribution in [3.63, 3.8) is 0 Å². The zero-order chi connectivity index (χ0) is 14.4. The number of carbonyl (C=O) groups is 1. The Kier molecular flexibility index (Phi) is 2.95. The number of hydrogen-bond donors (Lipinski definition) is 2. The monoisotopic (exact) mass is 283 g/mol. The van der Waals surface area contributed by atoms with Gasteiger partial charge in [0.2, 0.25) is 11.9 Å². The van der Waals surface area contributed by atoms with Gasteiger partial charge in [-0.25, -0.2) is 4.98 Å². The van der Waals surface area contributed by atoms with E-state index in [9.17, 15) is 13.2 Å². The molecular weight excluding hydrogens is 270 g/mol. The van der Waals surface area contributed by atoms with Crippen molar-refractivity contribution in [2.24, 2.45) is 5.73 Å². The molecule has 0 fully saturated rings. The Morgan fingerprint density at radius 3 is 2.53 bits per heavy atom. The number of primary amides is 1. The number of nitrogens with two attached hydrogens (primary N) is 2. The van der Waals surface area contributed by atoms with Crippen LogP contribution in [0.15, 0.2) is 18.2 Å². The van der Waals surface area contributed by atoms with E-state index in [1.165, 1.54) is 32.3 Å². The maximum Gasteiger partial charge on any atom is 0.310 e. The quantitative estimate of drug-likeness (QED) is 0.776. The summed E-state index contributed by atoms with van der Waals surface area (Å²) in [5.74, 6) is -0.796. The van der Waals surface area contributed by atoms with E-state index in [0.717, 1.165) is 8.28 Å². The molecule has 8 nitrogen and oxygen atoms in total. The van der Waals surface area contributed by atoms with Crippen molar-refractivity contribution in [3.05, 3.63) is 23.8 Å². The van der Waals surface area contributed by atoms with Crippen LogP contribution in [-0.2, 0) is 10.2 Å². The van der Waals surface area contributed by atoms with Gasteiger partial charge in [-0.15, -0.1) is 0 Å². The molecule has 9 heteroatoms. The van der Waals surface area contributed by atoms with Crippen LogP contribution >= 0.6 is 0 Å². The Morgan fingerprint density at radius 2 is 2.00 bits per heavy atom. The standard InChI is InChI=1S/C10H13N5O3S/c1-14(2)19(17,18)15-8-4-3-6(9(11)16)5-7(8)13-10(15)12/h3-5H,1-2H3,(H2,11,16)(H2,12,13). The number of anilines is 1. The lowest BCUT2D eigenvalue weighted by Gasteiger charge is -2.13. The third-order valence-electron chi connectivity index (χ3n) is 2.61. The van der Waals surface area contributed by atoms with Crippen molar-refractivity contribution >= 4 is 33.1 Å². The second-order valence-corrected chi connectivity index (χ2v) is 6.08. The molecule has 0 aliphatic rings. The summed E-state index contributed by atoms with van der Waals surface area (Å²) in [6.45, 7) is 0. The SMILES string of the molecule is CN(C)S(=O)(=O)n1c(N)nc2cc(C(N)=O)ccc21. The van der Waals surface area contributed by atoms with Crippen LogP contribution in [0.1, 0.15) is 10.4 Å². The molecule has 0 bridgehead atoms. The first-order valence-corrected chi connectivity index (χ1v) is 6.65. The van der Waals surface area contributed by atoms with Crippen LogP contribution in [0.3, 0.4) is 0 Å². The Balaban J connectivity index is 2.78. The number of fused-ring (bicyclic) bond motifs is 1. The van der Waals surface area contributed by atoms with Gasteiger partial charge in [-0.05, 0) is 18.2 Å². The number of imidazole rings is 1. The fourth-order valence-electron chi connectivity index (χ4n) is 1.64. The summed E-state index contributed by atoms with van der Waals surface area (Å²) in [7, 11) is -1.00. The molecule has 2 aromatic rings. The number of carbonyl (C=O) groups excluding carboxylic acids is 1. The third-order valence-corrected chi connectivity index (χ3v) is 4.38. The van der Waals surface area contributed by atoms with E-state index in [-0.39, 0.29) is 17.0 Å². The van der Waals surface area contributed by atoms with Gasteiger partial charge in [-0.1, -0.05) is 0 Å². The van der Waals surface area contributed by atoms with Crippen molar-refractivity contribution in [1.29, 1.82) is 0 Å². The fraction of sp³-hybridized carbons (Fsp3) is 0.200. The lowest BCUT2D eigenvalue weighted by molar-refractivity contribution is 0.100. The molecule has 4 N–H and O–H groups in total. The highest BCUT2D eigenvalue weighted by atomic mass is 32.2. The normalized spacial score (nSPS) is 12.2. The van der Waals surface area contributed by atoms with E-state index in [4.69, 9.17) is 11.5 Å². The highest BCUT2D eigenvalue weighted by molar-refractivity contribution is 7.87. The molecule has 102 valence electrons. The van der Waals surface area contributed by atoms with E-state index in [2.05, 4.69) is 4.98 Å². The van der Waals surface area contributed by atoms with Crippen molar-refractivity contribution in [1.82, 2.24) is 13.3 Å². The van der Waals surface area contributed by atoms with Gasteiger partial charge >= 0.3 is 10.2 Å². The van der Waals surface area contributed by atoms with Gasteiger partial charge in [0, 0.05) is 19.7 Å². The zero-order valence-corrected chi connectivity index (χ0v) is 11.2. The summed E-state index contributed by atoms with van der Waals surface area (Å²) in [4.78, 5) is 15.0. The van der Waals surface area contributed by atoms with Crippen LogP contribution in [-0.4, -0.2) is 41.7 Å². The largest absolute Gasteiger partial charge is 0.368 e. The molecule has 1 aromatic heterocycles. The number of nitrogens with zero attached hydrogens (tertiary/aromatic N) is 3. The lowest BCUT2D eigenvalue weighted by atomic mass is 10.2. The average molecular weight is 283 g/mol. The predicted molar refractivity (Wildman–Crippen MR) is 70.7 cm³/mol. The van der Waals surface area contributed by atoms with E-state index in [1.54, 1.807) is 0 Å². The Labute approximate surface area is 109 Å². The summed E-state index contributed by atoms with van der Waals surface area (Å²) in [5, 5.41) is 0. The summed E-state index contributed by atoms with van der Waals surface area (Å²) in [6.07, 6.45) is 0. The lowest BCUT2D eigenvalue weighted by Crippen LogP contribution is -2.29. The Morgan fingerprint density at radius 1 is 1.37 bits per heavy atom. The molecule has 2 rings (SSSR count). The molecule has 0 unspecified atom stereocenters. The highest BCUT2D eigenvalue weighted by Crippen LogP contribution is 2.22. The first-order chi connectivity index (χ1) is 8.75. The molecule has 0 saturated carbocycles. The number of nitrogen functional groups attached to an aromatic ring is 1. The van der Waals surface area contributed by atoms with Crippen molar-refractivity contribution in [2.45, 2.75) is 0 Å². The second-order valence-electron chi connectivity index (χ2n) is 4.09. The van der Waals surface area contributed by atoms with Crippen molar-refractivity contribution in [3.8, 4) is 0 Å². The number of rotatable bonds is 3. The van der Waals surface area contributed by atoms with Gasteiger partial charge in [0.25, 0.3) is 0 Å². The number of hydrogen-bond acceptors (Lipinski definition) is 5. The van der Waals surface area contributed by atoms with E-state index < -0.39 is 16.1 Å². The van der Waals surface area contributed by atoms with Crippen LogP contribution in [0.5, 0.6) is 0 Å². The van der Waals surface area contributed by atoms with Crippen LogP contribution in [0.2, 0.25) is 0 Å². The smallest absolute Gasteiger partial charge is 0.310 e. The molecule has 0 spiro atoms. The maximum absolute atomic E-state index is 12.1. The van der Waals surface area contributed by atoms with E-state index in [0.29, 0.717) is 5.52 Å². The molecule has 0 saturated heterocycles. The maximum atomic E-state index is 12.1. The summed E-state index contributed by atoms with van der Waals surface area (Å²) < 4.78 is 26.2. The van der Waals surface area contributed by atoms with Crippen LogP contribution < -0.4 is 11.5 Å². The van der Waals surface area contributed by atoms with Gasteiger partial charge < -0.3 is 11.5 Å². The molecule has 0 aliphatic carbocycles. The minimum Gasteiger partial charge on any atom is -0.368 e. The molecule has 0 aliphatic heterocycles. The molecule has 0 atom stereocenters. The van der Waals surface area contributed by atoms with Crippen LogP contribution in [0.4, 0.5) is 5.95 Å². The molecule has 0 radical (unpaired) electrons. The van der Waals surface area contributed by atoms with Gasteiger partial charge in [0.1, 0.15) is 0 Å². The molecule has 1 heterocycles. The van der Waals surface area contributed by atoms with E-state index >= 15 is 0 Å². The highest BCUT2D eigenvalue weighted by Gasteiger charge is 2.23. The molecule has 19 heavy (non-hydrogen) atoms. The van der Waals surface area contributed by atoms with Gasteiger partial charge in [0.15, 0.2) is 0 Å². The first kappa shape index (κ1) is 13.3. The second kappa shape index (κ2) is 4.21.